The number of nitrogens with zero attached hydrogens (tertiary/aromatic N) is 2. The third-order valence-corrected chi connectivity index (χ3v) is 3.94. The zero-order chi connectivity index (χ0) is 15.4. The Hall–Kier alpha value is -2.01. The van der Waals surface area contributed by atoms with Gasteiger partial charge >= 0.3 is 0 Å². The molecule has 0 bridgehead atoms. The van der Waals surface area contributed by atoms with E-state index in [1.807, 2.05) is 30.5 Å². The molecule has 22 heavy (non-hydrogen) atoms. The standard InChI is InChI=1S/C16H18ClN3O2/c17-12-4-5-13-14(3-1-10-22-15(13)11-12)19-16(21)6-9-20-8-2-7-18-20/h2,4-5,7-8,11,14H,1,3,6,9-10H2,(H,19,21)/t14-/m0/s1. The highest BCUT2D eigenvalue weighted by atomic mass is 35.5. The lowest BCUT2D eigenvalue weighted by Crippen LogP contribution is -2.29. The molecule has 0 spiro atoms. The van der Waals surface area contributed by atoms with Gasteiger partial charge in [-0.1, -0.05) is 17.7 Å². The number of halogens is 1. The lowest BCUT2D eigenvalue weighted by Gasteiger charge is -2.18. The number of aromatic nitrogens is 2. The van der Waals surface area contributed by atoms with Crippen LogP contribution < -0.4 is 10.1 Å². The number of benzene rings is 1. The van der Waals surface area contributed by atoms with Gasteiger partial charge in [0.05, 0.1) is 12.6 Å². The number of amides is 1. The molecule has 1 aromatic heterocycles. The second kappa shape index (κ2) is 6.83. The van der Waals surface area contributed by atoms with E-state index in [1.165, 1.54) is 0 Å². The molecular weight excluding hydrogens is 302 g/mol. The number of carbonyl (C=O) groups excluding carboxylic acids is 1. The molecule has 1 aromatic carbocycles. The van der Waals surface area contributed by atoms with Crippen LogP contribution in [0, 0.1) is 0 Å². The Morgan fingerprint density at radius 1 is 1.50 bits per heavy atom. The highest BCUT2D eigenvalue weighted by Gasteiger charge is 2.21. The van der Waals surface area contributed by atoms with E-state index >= 15 is 0 Å². The third-order valence-electron chi connectivity index (χ3n) is 3.71. The first kappa shape index (κ1) is 14.9. The molecule has 2 aromatic rings. The van der Waals surface area contributed by atoms with Crippen LogP contribution >= 0.6 is 11.6 Å². The van der Waals surface area contributed by atoms with Crippen molar-refractivity contribution >= 4 is 17.5 Å². The number of ether oxygens (including phenoxy) is 1. The fraction of sp³-hybridized carbons (Fsp3) is 0.375. The quantitative estimate of drug-likeness (QED) is 0.942. The summed E-state index contributed by atoms with van der Waals surface area (Å²) in [5.74, 6) is 0.783. The lowest BCUT2D eigenvalue weighted by molar-refractivity contribution is -0.122. The fourth-order valence-electron chi connectivity index (χ4n) is 2.61. The van der Waals surface area contributed by atoms with E-state index in [9.17, 15) is 4.79 Å². The first-order valence-corrected chi connectivity index (χ1v) is 7.79. The minimum absolute atomic E-state index is 0.0169. The van der Waals surface area contributed by atoms with Gasteiger partial charge < -0.3 is 10.1 Å². The van der Waals surface area contributed by atoms with Crippen LogP contribution in [0.2, 0.25) is 5.02 Å². The van der Waals surface area contributed by atoms with Gasteiger partial charge in [0.15, 0.2) is 0 Å². The molecule has 0 unspecified atom stereocenters. The smallest absolute Gasteiger partial charge is 0.222 e. The van der Waals surface area contributed by atoms with Gasteiger partial charge in [-0.2, -0.15) is 5.10 Å². The summed E-state index contributed by atoms with van der Waals surface area (Å²) in [5, 5.41) is 7.83. The Kier molecular flexibility index (Phi) is 4.63. The Labute approximate surface area is 134 Å². The number of rotatable bonds is 4. The fourth-order valence-corrected chi connectivity index (χ4v) is 2.77. The molecule has 0 aliphatic carbocycles. The molecular formula is C16H18ClN3O2. The highest BCUT2D eigenvalue weighted by molar-refractivity contribution is 6.30. The molecule has 0 fully saturated rings. The Balaban J connectivity index is 1.65. The van der Waals surface area contributed by atoms with Crippen molar-refractivity contribution in [2.24, 2.45) is 0 Å². The predicted molar refractivity (Wildman–Crippen MR) is 83.9 cm³/mol. The van der Waals surface area contributed by atoms with Crippen molar-refractivity contribution in [2.75, 3.05) is 6.61 Å². The molecule has 1 aliphatic heterocycles. The number of nitrogens with one attached hydrogen (secondary N) is 1. The van der Waals surface area contributed by atoms with Crippen molar-refractivity contribution < 1.29 is 9.53 Å². The van der Waals surface area contributed by atoms with Crippen LogP contribution in [0.15, 0.2) is 36.7 Å². The molecule has 0 radical (unpaired) electrons. The zero-order valence-corrected chi connectivity index (χ0v) is 12.9. The number of hydrogen-bond donors (Lipinski definition) is 1. The summed E-state index contributed by atoms with van der Waals surface area (Å²) in [6.07, 6.45) is 5.73. The van der Waals surface area contributed by atoms with Gasteiger partial charge in [-0.25, -0.2) is 0 Å². The van der Waals surface area contributed by atoms with E-state index in [0.717, 1.165) is 24.2 Å². The van der Waals surface area contributed by atoms with Crippen molar-refractivity contribution in [3.05, 3.63) is 47.2 Å². The molecule has 3 rings (SSSR count). The summed E-state index contributed by atoms with van der Waals surface area (Å²) in [7, 11) is 0. The average molecular weight is 320 g/mol. The van der Waals surface area contributed by atoms with Gasteiger partial charge in [-0.3, -0.25) is 9.48 Å². The largest absolute Gasteiger partial charge is 0.493 e. The van der Waals surface area contributed by atoms with Crippen molar-refractivity contribution in [1.29, 1.82) is 0 Å². The van der Waals surface area contributed by atoms with E-state index < -0.39 is 0 Å². The second-order valence-electron chi connectivity index (χ2n) is 5.31. The van der Waals surface area contributed by atoms with E-state index in [4.69, 9.17) is 16.3 Å². The topological polar surface area (TPSA) is 56.2 Å². The van der Waals surface area contributed by atoms with Crippen LogP contribution in [0.25, 0.3) is 0 Å². The summed E-state index contributed by atoms with van der Waals surface area (Å²) in [6, 6.07) is 7.39. The third kappa shape index (κ3) is 3.60. The Morgan fingerprint density at radius 2 is 2.41 bits per heavy atom. The van der Waals surface area contributed by atoms with E-state index in [2.05, 4.69) is 10.4 Å². The van der Waals surface area contributed by atoms with Gasteiger partial charge in [-0.15, -0.1) is 0 Å². The van der Waals surface area contributed by atoms with Crippen LogP contribution in [0.4, 0.5) is 0 Å². The summed E-state index contributed by atoms with van der Waals surface area (Å²) >= 11 is 6.01. The average Bonchev–Trinajstić information content (AvgIpc) is 2.95. The van der Waals surface area contributed by atoms with Crippen LogP contribution in [-0.2, 0) is 11.3 Å². The number of carbonyl (C=O) groups is 1. The number of fused-ring (bicyclic) bond motifs is 1. The van der Waals surface area contributed by atoms with E-state index in [-0.39, 0.29) is 11.9 Å². The molecule has 5 nitrogen and oxygen atoms in total. The Morgan fingerprint density at radius 3 is 3.23 bits per heavy atom. The number of aryl methyl sites for hydroxylation is 1. The van der Waals surface area contributed by atoms with Gasteiger partial charge in [0.25, 0.3) is 0 Å². The van der Waals surface area contributed by atoms with Crippen molar-refractivity contribution in [1.82, 2.24) is 15.1 Å². The van der Waals surface area contributed by atoms with Crippen molar-refractivity contribution in [3.8, 4) is 5.75 Å². The van der Waals surface area contributed by atoms with E-state index in [1.54, 1.807) is 10.9 Å². The summed E-state index contributed by atoms with van der Waals surface area (Å²) in [6.45, 7) is 1.22. The maximum absolute atomic E-state index is 12.2. The SMILES string of the molecule is O=C(CCn1cccn1)N[C@H]1CCCOc2cc(Cl)ccc21. The second-order valence-corrected chi connectivity index (χ2v) is 5.75. The zero-order valence-electron chi connectivity index (χ0n) is 12.2. The van der Waals surface area contributed by atoms with Crippen LogP contribution in [0.5, 0.6) is 5.75 Å². The lowest BCUT2D eigenvalue weighted by atomic mass is 10.0. The maximum Gasteiger partial charge on any atom is 0.222 e. The molecule has 0 saturated heterocycles. The predicted octanol–water partition coefficient (Wildman–Crippen LogP) is 2.96. The van der Waals surface area contributed by atoms with Crippen molar-refractivity contribution in [2.45, 2.75) is 31.8 Å². The number of hydrogen-bond acceptors (Lipinski definition) is 3. The molecule has 1 aliphatic rings. The molecule has 116 valence electrons. The van der Waals surface area contributed by atoms with Crippen molar-refractivity contribution in [3.63, 3.8) is 0 Å². The summed E-state index contributed by atoms with van der Waals surface area (Å²) < 4.78 is 7.46. The minimum atomic E-state index is -0.0279. The van der Waals surface area contributed by atoms with Crippen LogP contribution in [0.1, 0.15) is 30.9 Å². The Bertz CT molecular complexity index is 643. The first-order valence-electron chi connectivity index (χ1n) is 7.41. The first-order chi connectivity index (χ1) is 10.7. The summed E-state index contributed by atoms with van der Waals surface area (Å²) in [4.78, 5) is 12.2. The molecule has 2 heterocycles. The molecule has 6 heteroatoms. The van der Waals surface area contributed by atoms with Gasteiger partial charge in [0, 0.05) is 35.9 Å². The molecule has 1 amide bonds. The van der Waals surface area contributed by atoms with Gasteiger partial charge in [-0.05, 0) is 31.0 Å². The highest BCUT2D eigenvalue weighted by Crippen LogP contribution is 2.33. The van der Waals surface area contributed by atoms with Gasteiger partial charge in [0.1, 0.15) is 5.75 Å². The molecule has 0 saturated carbocycles. The van der Waals surface area contributed by atoms with Crippen LogP contribution in [-0.4, -0.2) is 22.3 Å². The normalized spacial score (nSPS) is 17.2. The van der Waals surface area contributed by atoms with Crippen LogP contribution in [0.3, 0.4) is 0 Å². The molecule has 1 N–H and O–H groups in total. The maximum atomic E-state index is 12.2. The summed E-state index contributed by atoms with van der Waals surface area (Å²) in [5.41, 5.74) is 0.995. The molecule has 1 atom stereocenters. The monoisotopic (exact) mass is 319 g/mol. The van der Waals surface area contributed by atoms with Gasteiger partial charge in [0.2, 0.25) is 5.91 Å². The minimum Gasteiger partial charge on any atom is -0.493 e. The van der Waals surface area contributed by atoms with E-state index in [0.29, 0.717) is 24.6 Å².